The van der Waals surface area contributed by atoms with Crippen molar-refractivity contribution in [3.05, 3.63) is 9.88 Å². The average molecular weight is 223 g/mol. The fourth-order valence-corrected chi connectivity index (χ4v) is 1.46. The van der Waals surface area contributed by atoms with Crippen LogP contribution in [0.1, 0.15) is 28.0 Å². The van der Waals surface area contributed by atoms with Crippen molar-refractivity contribution in [2.45, 2.75) is 13.3 Å². The molecule has 0 unspecified atom stereocenters. The van der Waals surface area contributed by atoms with Gasteiger partial charge in [-0.3, -0.25) is 0 Å². The van der Waals surface area contributed by atoms with Crippen molar-refractivity contribution < 1.29 is 23.4 Å². The van der Waals surface area contributed by atoms with Crippen LogP contribution in [-0.4, -0.2) is 22.7 Å². The average Bonchev–Trinajstić information content (AvgIpc) is 2.48. The van der Waals surface area contributed by atoms with Gasteiger partial charge in [-0.1, -0.05) is 0 Å². The summed E-state index contributed by atoms with van der Waals surface area (Å²) >= 11 is 0.430. The number of carbonyl (C=O) groups excluding carboxylic acids is 1. The molecule has 0 saturated heterocycles. The van der Waals surface area contributed by atoms with E-state index in [1.807, 2.05) is 0 Å². The van der Waals surface area contributed by atoms with Crippen LogP contribution in [0.3, 0.4) is 0 Å². The summed E-state index contributed by atoms with van der Waals surface area (Å²) in [5.41, 5.74) is 0. The first-order valence-corrected chi connectivity index (χ1v) is 4.52. The van der Waals surface area contributed by atoms with Crippen LogP contribution >= 0.6 is 11.3 Å². The minimum atomic E-state index is -2.80. The minimum absolute atomic E-state index is 0.111. The molecular formula is C7H7F2NO3S. The molecule has 0 fully saturated rings. The molecule has 1 rings (SSSR count). The standard InChI is InChI=1S/C7H7F2NO3S/c1-2-13-7(12)3-5(11)10-6(14-3)4(8)9/h4,11H,2H2,1H3. The zero-order valence-electron chi connectivity index (χ0n) is 7.16. The molecule has 0 saturated carbocycles. The molecule has 0 aliphatic rings. The van der Waals surface area contributed by atoms with Crippen LogP contribution in [0, 0.1) is 0 Å². The predicted octanol–water partition coefficient (Wildman–Crippen LogP) is 1.96. The topological polar surface area (TPSA) is 59.4 Å². The highest BCUT2D eigenvalue weighted by molar-refractivity contribution is 7.14. The van der Waals surface area contributed by atoms with E-state index in [1.165, 1.54) is 0 Å². The van der Waals surface area contributed by atoms with E-state index in [-0.39, 0.29) is 11.5 Å². The van der Waals surface area contributed by atoms with E-state index in [9.17, 15) is 13.6 Å². The largest absolute Gasteiger partial charge is 0.492 e. The number of aromatic nitrogens is 1. The Kier molecular flexibility index (Phi) is 3.34. The number of halogens is 2. The third-order valence-electron chi connectivity index (χ3n) is 1.27. The SMILES string of the molecule is CCOC(=O)c1sc(C(F)F)nc1O. The lowest BCUT2D eigenvalue weighted by atomic mass is 10.5. The second kappa shape index (κ2) is 4.32. The van der Waals surface area contributed by atoms with E-state index < -0.39 is 23.3 Å². The van der Waals surface area contributed by atoms with Crippen molar-refractivity contribution in [3.63, 3.8) is 0 Å². The summed E-state index contributed by atoms with van der Waals surface area (Å²) < 4.78 is 28.7. The summed E-state index contributed by atoms with van der Waals surface area (Å²) in [5.74, 6) is -1.54. The first kappa shape index (κ1) is 10.8. The van der Waals surface area contributed by atoms with Gasteiger partial charge in [0.25, 0.3) is 6.43 Å². The highest BCUT2D eigenvalue weighted by atomic mass is 32.1. The van der Waals surface area contributed by atoms with Gasteiger partial charge in [-0.15, -0.1) is 11.3 Å². The van der Waals surface area contributed by atoms with Gasteiger partial charge in [-0.2, -0.15) is 0 Å². The Morgan fingerprint density at radius 3 is 2.79 bits per heavy atom. The number of carbonyl (C=O) groups is 1. The van der Waals surface area contributed by atoms with Crippen molar-refractivity contribution in [2.75, 3.05) is 6.61 Å². The molecule has 0 aliphatic carbocycles. The van der Waals surface area contributed by atoms with Gasteiger partial charge in [0.2, 0.25) is 5.88 Å². The van der Waals surface area contributed by atoms with Crippen molar-refractivity contribution >= 4 is 17.3 Å². The van der Waals surface area contributed by atoms with Crippen LogP contribution in [-0.2, 0) is 4.74 Å². The number of nitrogens with zero attached hydrogens (tertiary/aromatic N) is 1. The summed E-state index contributed by atoms with van der Waals surface area (Å²) in [6, 6.07) is 0. The number of esters is 1. The van der Waals surface area contributed by atoms with Crippen molar-refractivity contribution in [1.82, 2.24) is 4.98 Å². The molecule has 0 aromatic carbocycles. The molecule has 0 amide bonds. The van der Waals surface area contributed by atoms with E-state index in [0.29, 0.717) is 11.3 Å². The minimum Gasteiger partial charge on any atom is -0.492 e. The lowest BCUT2D eigenvalue weighted by molar-refractivity contribution is 0.0528. The second-order valence-corrected chi connectivity index (χ2v) is 3.26. The molecule has 1 N–H and O–H groups in total. The van der Waals surface area contributed by atoms with Crippen LogP contribution in [0.15, 0.2) is 0 Å². The second-order valence-electron chi connectivity index (χ2n) is 2.23. The van der Waals surface area contributed by atoms with Gasteiger partial charge in [0.15, 0.2) is 9.88 Å². The Bertz CT molecular complexity index is 340. The molecule has 1 aromatic rings. The van der Waals surface area contributed by atoms with Gasteiger partial charge >= 0.3 is 5.97 Å². The highest BCUT2D eigenvalue weighted by Gasteiger charge is 2.22. The van der Waals surface area contributed by atoms with E-state index in [2.05, 4.69) is 9.72 Å². The van der Waals surface area contributed by atoms with Crippen molar-refractivity contribution in [3.8, 4) is 5.88 Å². The molecule has 78 valence electrons. The van der Waals surface area contributed by atoms with E-state index in [0.717, 1.165) is 0 Å². The Morgan fingerprint density at radius 1 is 1.71 bits per heavy atom. The van der Waals surface area contributed by atoms with Gasteiger partial charge in [0.1, 0.15) is 0 Å². The Labute approximate surface area is 82.2 Å². The van der Waals surface area contributed by atoms with Crippen LogP contribution in [0.2, 0.25) is 0 Å². The molecule has 14 heavy (non-hydrogen) atoms. The maximum atomic E-state index is 12.1. The summed E-state index contributed by atoms with van der Waals surface area (Å²) in [5, 5.41) is 8.45. The fourth-order valence-electron chi connectivity index (χ4n) is 0.751. The zero-order chi connectivity index (χ0) is 10.7. The number of hydrogen-bond acceptors (Lipinski definition) is 5. The predicted molar refractivity (Wildman–Crippen MR) is 44.7 cm³/mol. The Morgan fingerprint density at radius 2 is 2.36 bits per heavy atom. The molecule has 0 atom stereocenters. The Balaban J connectivity index is 2.92. The van der Waals surface area contributed by atoms with Gasteiger partial charge in [-0.25, -0.2) is 18.6 Å². The molecule has 0 bridgehead atoms. The number of ether oxygens (including phenoxy) is 1. The summed E-state index contributed by atoms with van der Waals surface area (Å²) in [4.78, 5) is 13.9. The van der Waals surface area contributed by atoms with Gasteiger partial charge in [0.05, 0.1) is 6.61 Å². The van der Waals surface area contributed by atoms with E-state index in [1.54, 1.807) is 6.92 Å². The van der Waals surface area contributed by atoms with Crippen LogP contribution in [0.25, 0.3) is 0 Å². The monoisotopic (exact) mass is 223 g/mol. The molecular weight excluding hydrogens is 216 g/mol. The first-order chi connectivity index (χ1) is 6.56. The van der Waals surface area contributed by atoms with Gasteiger partial charge < -0.3 is 9.84 Å². The molecule has 0 radical (unpaired) electrons. The molecule has 1 heterocycles. The lowest BCUT2D eigenvalue weighted by Gasteiger charge is -1.96. The van der Waals surface area contributed by atoms with E-state index >= 15 is 0 Å². The van der Waals surface area contributed by atoms with Crippen molar-refractivity contribution in [1.29, 1.82) is 0 Å². The summed E-state index contributed by atoms with van der Waals surface area (Å²) in [6.07, 6.45) is -2.80. The third kappa shape index (κ3) is 2.16. The molecule has 0 aliphatic heterocycles. The number of aromatic hydroxyl groups is 1. The van der Waals surface area contributed by atoms with Crippen molar-refractivity contribution in [2.24, 2.45) is 0 Å². The number of rotatable bonds is 3. The molecule has 4 nitrogen and oxygen atoms in total. The van der Waals surface area contributed by atoms with E-state index in [4.69, 9.17) is 5.11 Å². The number of thiazole rings is 1. The quantitative estimate of drug-likeness (QED) is 0.796. The summed E-state index contributed by atoms with van der Waals surface area (Å²) in [6.45, 7) is 1.68. The number of hydrogen-bond donors (Lipinski definition) is 1. The third-order valence-corrected chi connectivity index (χ3v) is 2.31. The van der Waals surface area contributed by atoms with Gasteiger partial charge in [0, 0.05) is 0 Å². The first-order valence-electron chi connectivity index (χ1n) is 3.71. The Hall–Kier alpha value is -1.24. The zero-order valence-corrected chi connectivity index (χ0v) is 7.98. The van der Waals surface area contributed by atoms with Gasteiger partial charge in [-0.05, 0) is 6.92 Å². The van der Waals surface area contributed by atoms with Crippen LogP contribution in [0.4, 0.5) is 8.78 Å². The maximum absolute atomic E-state index is 12.1. The smallest absolute Gasteiger partial charge is 0.353 e. The van der Waals surface area contributed by atoms with Crippen LogP contribution in [0.5, 0.6) is 5.88 Å². The van der Waals surface area contributed by atoms with Crippen LogP contribution < -0.4 is 0 Å². The lowest BCUT2D eigenvalue weighted by Crippen LogP contribution is -2.02. The molecule has 7 heteroatoms. The normalized spacial score (nSPS) is 10.6. The fraction of sp³-hybridized carbons (Fsp3) is 0.429. The number of alkyl halides is 2. The maximum Gasteiger partial charge on any atom is 0.353 e. The summed E-state index contributed by atoms with van der Waals surface area (Å²) in [7, 11) is 0. The molecule has 0 spiro atoms. The highest BCUT2D eigenvalue weighted by Crippen LogP contribution is 2.31. The molecule has 1 aromatic heterocycles.